The van der Waals surface area contributed by atoms with Gasteiger partial charge in [-0.15, -0.1) is 0 Å². The van der Waals surface area contributed by atoms with Crippen molar-refractivity contribution < 1.29 is 35.4 Å². The maximum Gasteiger partial charge on any atom is 0.135 e. The minimum absolute atomic E-state index is 0.0477. The third kappa shape index (κ3) is 3.24. The van der Waals surface area contributed by atoms with Crippen molar-refractivity contribution >= 4 is 0 Å². The van der Waals surface area contributed by atoms with Crippen LogP contribution in [0.3, 0.4) is 0 Å². The van der Waals surface area contributed by atoms with Gasteiger partial charge in [0.25, 0.3) is 0 Å². The third-order valence-corrected chi connectivity index (χ3v) is 6.95. The molecule has 0 unspecified atom stereocenters. The van der Waals surface area contributed by atoms with Crippen LogP contribution < -0.4 is 4.74 Å². The van der Waals surface area contributed by atoms with E-state index in [4.69, 9.17) is 4.74 Å². The van der Waals surface area contributed by atoms with E-state index in [0.717, 1.165) is 11.1 Å². The summed E-state index contributed by atoms with van der Waals surface area (Å²) in [6, 6.07) is 18.6. The van der Waals surface area contributed by atoms with Gasteiger partial charge in [-0.1, -0.05) is 24.3 Å². The predicted molar refractivity (Wildman–Crippen MR) is 126 cm³/mol. The highest BCUT2D eigenvalue weighted by Crippen LogP contribution is 2.61. The Kier molecular flexibility index (Phi) is 4.59. The van der Waals surface area contributed by atoms with Gasteiger partial charge in [-0.2, -0.15) is 0 Å². The van der Waals surface area contributed by atoms with E-state index in [9.17, 15) is 30.6 Å². The standard InChI is InChI=1S/C28H22O7/c29-15-5-1-13(2-6-15)27(34)25-20-10-18(32)12-22-24(20)26(19-9-17(31)11-21(33)23(19)25)28(35-22)14-3-7-16(30)8-4-14/h1-12,25-34H/t25-,26+,27+,28-/m1/s1. The van der Waals surface area contributed by atoms with Crippen LogP contribution in [0.5, 0.6) is 34.5 Å². The van der Waals surface area contributed by atoms with Crippen LogP contribution in [0.1, 0.15) is 57.4 Å². The van der Waals surface area contributed by atoms with Gasteiger partial charge in [0.15, 0.2) is 0 Å². The highest BCUT2D eigenvalue weighted by molar-refractivity contribution is 5.67. The van der Waals surface area contributed by atoms with E-state index in [1.54, 1.807) is 48.5 Å². The SMILES string of the molecule is Oc1ccc([C@H]2Oc3cc(O)cc4c3[C@@H]2c2cc(O)cc(O)c2[C@@H]4[C@@H](O)c2ccc(O)cc2)cc1. The number of ether oxygens (including phenoxy) is 1. The van der Waals surface area contributed by atoms with Gasteiger partial charge in [-0.05, 0) is 58.7 Å². The molecule has 0 aromatic heterocycles. The lowest BCUT2D eigenvalue weighted by Crippen LogP contribution is -2.24. The first-order valence-electron chi connectivity index (χ1n) is 11.2. The van der Waals surface area contributed by atoms with Crippen molar-refractivity contribution in [3.8, 4) is 34.5 Å². The number of rotatable bonds is 3. The fourth-order valence-electron chi connectivity index (χ4n) is 5.51. The summed E-state index contributed by atoms with van der Waals surface area (Å²) in [6.07, 6.45) is -1.69. The van der Waals surface area contributed by atoms with Crippen molar-refractivity contribution in [3.63, 3.8) is 0 Å². The molecule has 0 spiro atoms. The van der Waals surface area contributed by atoms with Gasteiger partial charge in [-0.3, -0.25) is 0 Å². The molecule has 4 aromatic rings. The van der Waals surface area contributed by atoms with Crippen molar-refractivity contribution in [2.24, 2.45) is 0 Å². The van der Waals surface area contributed by atoms with Crippen LogP contribution in [0.4, 0.5) is 0 Å². The Morgan fingerprint density at radius 1 is 0.629 bits per heavy atom. The Morgan fingerprint density at radius 3 is 1.91 bits per heavy atom. The molecule has 0 fully saturated rings. The van der Waals surface area contributed by atoms with Gasteiger partial charge < -0.3 is 35.4 Å². The number of phenols is 5. The highest BCUT2D eigenvalue weighted by atomic mass is 16.5. The van der Waals surface area contributed by atoms with Crippen molar-refractivity contribution in [2.75, 3.05) is 0 Å². The van der Waals surface area contributed by atoms with Crippen molar-refractivity contribution in [1.82, 2.24) is 0 Å². The number of fused-ring (bicyclic) bond motifs is 2. The predicted octanol–water partition coefficient (Wildman–Crippen LogP) is 4.66. The van der Waals surface area contributed by atoms with Crippen LogP contribution in [0.2, 0.25) is 0 Å². The Bertz CT molecular complexity index is 1440. The third-order valence-electron chi connectivity index (χ3n) is 6.95. The quantitative estimate of drug-likeness (QED) is 0.257. The zero-order chi connectivity index (χ0) is 24.4. The van der Waals surface area contributed by atoms with Gasteiger partial charge in [0.05, 0.1) is 12.0 Å². The van der Waals surface area contributed by atoms with Crippen LogP contribution in [0.25, 0.3) is 0 Å². The molecule has 6 rings (SSSR count). The maximum absolute atomic E-state index is 11.5. The number of phenolic OH excluding ortho intramolecular Hbond substituents is 5. The summed E-state index contributed by atoms with van der Waals surface area (Å²) in [5.41, 5.74) is 3.64. The first-order valence-corrected chi connectivity index (χ1v) is 11.2. The average molecular weight is 470 g/mol. The average Bonchev–Trinajstić information content (AvgIpc) is 3.20. The second-order valence-corrected chi connectivity index (χ2v) is 9.04. The molecule has 1 aliphatic carbocycles. The van der Waals surface area contributed by atoms with Gasteiger partial charge in [0, 0.05) is 29.2 Å². The van der Waals surface area contributed by atoms with E-state index in [1.165, 1.54) is 24.3 Å². The molecule has 0 amide bonds. The molecule has 4 aromatic carbocycles. The van der Waals surface area contributed by atoms with E-state index in [0.29, 0.717) is 28.0 Å². The number of aliphatic hydroxyl groups is 1. The number of benzene rings is 4. The number of aliphatic hydroxyl groups excluding tert-OH is 1. The van der Waals surface area contributed by atoms with Crippen LogP contribution in [-0.4, -0.2) is 30.6 Å². The minimum atomic E-state index is -1.13. The highest BCUT2D eigenvalue weighted by Gasteiger charge is 2.48. The lowest BCUT2D eigenvalue weighted by molar-refractivity contribution is 0.154. The van der Waals surface area contributed by atoms with E-state index in [1.807, 2.05) is 0 Å². The van der Waals surface area contributed by atoms with Gasteiger partial charge in [0.1, 0.15) is 40.6 Å². The Labute approximate surface area is 200 Å². The summed E-state index contributed by atoms with van der Waals surface area (Å²) < 4.78 is 6.30. The van der Waals surface area contributed by atoms with Gasteiger partial charge in [-0.25, -0.2) is 0 Å². The summed E-state index contributed by atoms with van der Waals surface area (Å²) in [5, 5.41) is 62.9. The molecule has 4 atom stereocenters. The largest absolute Gasteiger partial charge is 0.508 e. The molecule has 176 valence electrons. The van der Waals surface area contributed by atoms with Crippen LogP contribution in [0.15, 0.2) is 72.8 Å². The second-order valence-electron chi connectivity index (χ2n) is 9.04. The van der Waals surface area contributed by atoms with Gasteiger partial charge in [0.2, 0.25) is 0 Å². The number of hydrogen-bond acceptors (Lipinski definition) is 7. The molecule has 0 bridgehead atoms. The molecule has 1 aliphatic heterocycles. The summed E-state index contributed by atoms with van der Waals surface area (Å²) in [5.74, 6) is -0.974. The van der Waals surface area contributed by atoms with Crippen LogP contribution >= 0.6 is 0 Å². The van der Waals surface area contributed by atoms with Gasteiger partial charge >= 0.3 is 0 Å². The molecule has 1 heterocycles. The summed E-state index contributed by atoms with van der Waals surface area (Å²) >= 11 is 0. The molecule has 0 radical (unpaired) electrons. The zero-order valence-corrected chi connectivity index (χ0v) is 18.3. The normalized spacial score (nSPS) is 20.5. The lowest BCUT2D eigenvalue weighted by atomic mass is 9.67. The molecular weight excluding hydrogens is 448 g/mol. The topological polar surface area (TPSA) is 131 Å². The molecule has 6 N–H and O–H groups in total. The number of hydrogen-bond donors (Lipinski definition) is 6. The molecule has 0 saturated carbocycles. The Balaban J connectivity index is 1.60. The van der Waals surface area contributed by atoms with Crippen molar-refractivity contribution in [3.05, 3.63) is 106 Å². The summed E-state index contributed by atoms with van der Waals surface area (Å²) in [6.45, 7) is 0. The summed E-state index contributed by atoms with van der Waals surface area (Å²) in [4.78, 5) is 0. The molecule has 2 aliphatic rings. The monoisotopic (exact) mass is 470 g/mol. The zero-order valence-electron chi connectivity index (χ0n) is 18.3. The molecule has 35 heavy (non-hydrogen) atoms. The van der Waals surface area contributed by atoms with E-state index < -0.39 is 24.0 Å². The fourth-order valence-corrected chi connectivity index (χ4v) is 5.51. The van der Waals surface area contributed by atoms with Crippen molar-refractivity contribution in [1.29, 1.82) is 0 Å². The number of aromatic hydroxyl groups is 5. The second kappa shape index (κ2) is 7.58. The minimum Gasteiger partial charge on any atom is -0.508 e. The summed E-state index contributed by atoms with van der Waals surface area (Å²) in [7, 11) is 0. The Hall–Kier alpha value is -4.36. The molecular formula is C28H22O7. The molecule has 7 heteroatoms. The van der Waals surface area contributed by atoms with Crippen molar-refractivity contribution in [2.45, 2.75) is 24.0 Å². The maximum atomic E-state index is 11.5. The van der Waals surface area contributed by atoms with E-state index >= 15 is 0 Å². The smallest absolute Gasteiger partial charge is 0.135 e. The molecule has 0 saturated heterocycles. The van der Waals surface area contributed by atoms with Crippen LogP contribution in [0, 0.1) is 0 Å². The lowest BCUT2D eigenvalue weighted by Gasteiger charge is -2.36. The Morgan fingerprint density at radius 2 is 1.23 bits per heavy atom. The fraction of sp³-hybridized carbons (Fsp3) is 0.143. The molecule has 7 nitrogen and oxygen atoms in total. The van der Waals surface area contributed by atoms with Crippen LogP contribution in [-0.2, 0) is 0 Å². The van der Waals surface area contributed by atoms with E-state index in [-0.39, 0.29) is 28.7 Å². The first kappa shape index (κ1) is 21.2. The first-order chi connectivity index (χ1) is 16.8. The van der Waals surface area contributed by atoms with E-state index in [2.05, 4.69) is 0 Å².